The van der Waals surface area contributed by atoms with Crippen molar-refractivity contribution in [3.8, 4) is 0 Å². The van der Waals surface area contributed by atoms with E-state index in [4.69, 9.17) is 16.3 Å². The monoisotopic (exact) mass is 271 g/mol. The van der Waals surface area contributed by atoms with E-state index in [1.807, 2.05) is 4.90 Å². The van der Waals surface area contributed by atoms with Crippen LogP contribution in [0.1, 0.15) is 16.1 Å². The summed E-state index contributed by atoms with van der Waals surface area (Å²) in [7, 11) is 1.32. The standard InChI is InChI=1S/C11H14ClN3O3/c1-17-10(16)8-7-13-11(14-9(8)6-12)15-2-4-18-5-3-15/h7H,2-6H2,1H3. The number of alkyl halides is 1. The number of carbonyl (C=O) groups excluding carboxylic acids is 1. The average molecular weight is 272 g/mol. The number of ether oxygens (including phenoxy) is 2. The number of anilines is 1. The number of aromatic nitrogens is 2. The highest BCUT2D eigenvalue weighted by Crippen LogP contribution is 2.15. The third-order valence-corrected chi connectivity index (χ3v) is 2.93. The largest absolute Gasteiger partial charge is 0.465 e. The summed E-state index contributed by atoms with van der Waals surface area (Å²) >= 11 is 5.80. The van der Waals surface area contributed by atoms with Gasteiger partial charge in [-0.15, -0.1) is 11.6 Å². The molecule has 1 aliphatic heterocycles. The third kappa shape index (κ3) is 2.70. The van der Waals surface area contributed by atoms with Crippen LogP contribution in [0.25, 0.3) is 0 Å². The van der Waals surface area contributed by atoms with Crippen molar-refractivity contribution in [2.24, 2.45) is 0 Å². The highest BCUT2D eigenvalue weighted by molar-refractivity contribution is 6.17. The van der Waals surface area contributed by atoms with Gasteiger partial charge >= 0.3 is 5.97 Å². The van der Waals surface area contributed by atoms with E-state index in [0.717, 1.165) is 13.1 Å². The number of morpholine rings is 1. The molecule has 1 aromatic heterocycles. The Bertz CT molecular complexity index is 436. The van der Waals surface area contributed by atoms with Crippen molar-refractivity contribution in [1.82, 2.24) is 9.97 Å². The van der Waals surface area contributed by atoms with Crippen molar-refractivity contribution < 1.29 is 14.3 Å². The van der Waals surface area contributed by atoms with Gasteiger partial charge in [-0.3, -0.25) is 0 Å². The van der Waals surface area contributed by atoms with Gasteiger partial charge < -0.3 is 14.4 Å². The second-order valence-corrected chi connectivity index (χ2v) is 4.02. The molecule has 0 N–H and O–H groups in total. The first-order valence-corrected chi connectivity index (χ1v) is 6.12. The molecule has 0 radical (unpaired) electrons. The number of methoxy groups -OCH3 is 1. The Morgan fingerprint density at radius 2 is 2.28 bits per heavy atom. The molecule has 0 atom stereocenters. The van der Waals surface area contributed by atoms with Gasteiger partial charge in [-0.25, -0.2) is 14.8 Å². The third-order valence-electron chi connectivity index (χ3n) is 2.68. The fourth-order valence-corrected chi connectivity index (χ4v) is 1.91. The van der Waals surface area contributed by atoms with E-state index in [1.165, 1.54) is 13.3 Å². The first kappa shape index (κ1) is 13.0. The predicted octanol–water partition coefficient (Wildman–Crippen LogP) is 0.839. The Labute approximate surface area is 110 Å². The molecule has 1 fully saturated rings. The first-order valence-electron chi connectivity index (χ1n) is 5.59. The highest BCUT2D eigenvalue weighted by Gasteiger charge is 2.18. The smallest absolute Gasteiger partial charge is 0.341 e. The van der Waals surface area contributed by atoms with Crippen LogP contribution in [-0.4, -0.2) is 49.4 Å². The zero-order valence-corrected chi connectivity index (χ0v) is 10.8. The summed E-state index contributed by atoms with van der Waals surface area (Å²) in [4.78, 5) is 22.0. The second kappa shape index (κ2) is 5.97. The lowest BCUT2D eigenvalue weighted by Gasteiger charge is -2.27. The number of esters is 1. The molecular formula is C11H14ClN3O3. The highest BCUT2D eigenvalue weighted by atomic mass is 35.5. The molecule has 0 aliphatic carbocycles. The Balaban J connectivity index is 2.26. The molecule has 0 bridgehead atoms. The van der Waals surface area contributed by atoms with E-state index >= 15 is 0 Å². The van der Waals surface area contributed by atoms with Crippen molar-refractivity contribution in [2.45, 2.75) is 5.88 Å². The molecule has 0 spiro atoms. The molecule has 0 amide bonds. The van der Waals surface area contributed by atoms with Gasteiger partial charge in [0.2, 0.25) is 5.95 Å². The van der Waals surface area contributed by atoms with Crippen LogP contribution < -0.4 is 4.90 Å². The summed E-state index contributed by atoms with van der Waals surface area (Å²) < 4.78 is 9.91. The van der Waals surface area contributed by atoms with Crippen molar-refractivity contribution >= 4 is 23.5 Å². The van der Waals surface area contributed by atoms with Crippen LogP contribution in [0, 0.1) is 0 Å². The molecule has 1 aliphatic rings. The average Bonchev–Trinajstić information content (AvgIpc) is 2.46. The summed E-state index contributed by atoms with van der Waals surface area (Å²) in [5.41, 5.74) is 0.796. The summed E-state index contributed by atoms with van der Waals surface area (Å²) in [6.45, 7) is 2.77. The van der Waals surface area contributed by atoms with E-state index in [0.29, 0.717) is 30.4 Å². The zero-order chi connectivity index (χ0) is 13.0. The number of nitrogens with zero attached hydrogens (tertiary/aromatic N) is 3. The summed E-state index contributed by atoms with van der Waals surface area (Å²) in [5.74, 6) is 0.241. The number of rotatable bonds is 3. The van der Waals surface area contributed by atoms with Crippen LogP contribution >= 0.6 is 11.6 Å². The molecular weight excluding hydrogens is 258 g/mol. The van der Waals surface area contributed by atoms with E-state index < -0.39 is 5.97 Å². The fraction of sp³-hybridized carbons (Fsp3) is 0.545. The molecule has 2 rings (SSSR count). The van der Waals surface area contributed by atoms with E-state index in [9.17, 15) is 4.79 Å². The molecule has 18 heavy (non-hydrogen) atoms. The van der Waals surface area contributed by atoms with E-state index in [-0.39, 0.29) is 5.88 Å². The van der Waals surface area contributed by atoms with Gasteiger partial charge in [-0.05, 0) is 0 Å². The Hall–Kier alpha value is -1.40. The normalized spacial score (nSPS) is 15.6. The van der Waals surface area contributed by atoms with Crippen LogP contribution in [0.4, 0.5) is 5.95 Å². The topological polar surface area (TPSA) is 64.5 Å². The quantitative estimate of drug-likeness (QED) is 0.600. The molecule has 1 aromatic rings. The minimum atomic E-state index is -0.473. The van der Waals surface area contributed by atoms with Crippen molar-refractivity contribution in [3.63, 3.8) is 0 Å². The number of halogens is 1. The maximum Gasteiger partial charge on any atom is 0.341 e. The van der Waals surface area contributed by atoms with Gasteiger partial charge in [0.05, 0.1) is 31.9 Å². The molecule has 0 aromatic carbocycles. The lowest BCUT2D eigenvalue weighted by Crippen LogP contribution is -2.37. The molecule has 2 heterocycles. The number of carbonyl (C=O) groups is 1. The first-order chi connectivity index (χ1) is 8.76. The van der Waals surface area contributed by atoms with Crippen LogP contribution in [0.2, 0.25) is 0 Å². The van der Waals surface area contributed by atoms with Gasteiger partial charge in [0.1, 0.15) is 5.56 Å². The Kier molecular flexibility index (Phi) is 4.33. The SMILES string of the molecule is COC(=O)c1cnc(N2CCOCC2)nc1CCl. The summed E-state index contributed by atoms with van der Waals surface area (Å²) in [6, 6.07) is 0. The molecule has 0 saturated carbocycles. The maximum atomic E-state index is 11.5. The van der Waals surface area contributed by atoms with E-state index in [2.05, 4.69) is 14.7 Å². The maximum absolute atomic E-state index is 11.5. The van der Waals surface area contributed by atoms with Crippen molar-refractivity contribution in [2.75, 3.05) is 38.3 Å². The Morgan fingerprint density at radius 1 is 1.56 bits per heavy atom. The fourth-order valence-electron chi connectivity index (χ4n) is 1.70. The molecule has 7 heteroatoms. The predicted molar refractivity (Wildman–Crippen MR) is 66.0 cm³/mol. The van der Waals surface area contributed by atoms with Crippen molar-refractivity contribution in [1.29, 1.82) is 0 Å². The van der Waals surface area contributed by atoms with Gasteiger partial charge in [0.15, 0.2) is 0 Å². The van der Waals surface area contributed by atoms with Gasteiger partial charge in [-0.1, -0.05) is 0 Å². The molecule has 98 valence electrons. The molecule has 1 saturated heterocycles. The van der Waals surface area contributed by atoms with Gasteiger partial charge in [0, 0.05) is 19.3 Å². The van der Waals surface area contributed by atoms with Crippen LogP contribution in [0.3, 0.4) is 0 Å². The second-order valence-electron chi connectivity index (χ2n) is 3.76. The van der Waals surface area contributed by atoms with Crippen LogP contribution in [0.5, 0.6) is 0 Å². The lowest BCUT2D eigenvalue weighted by atomic mass is 10.2. The molecule has 6 nitrogen and oxygen atoms in total. The van der Waals surface area contributed by atoms with Gasteiger partial charge in [-0.2, -0.15) is 0 Å². The molecule has 0 unspecified atom stereocenters. The lowest BCUT2D eigenvalue weighted by molar-refractivity contribution is 0.0598. The summed E-state index contributed by atoms with van der Waals surface area (Å²) in [5, 5.41) is 0. The van der Waals surface area contributed by atoms with Crippen LogP contribution in [0.15, 0.2) is 6.20 Å². The zero-order valence-electron chi connectivity index (χ0n) is 10.1. The minimum absolute atomic E-state index is 0.143. The number of hydrogen-bond acceptors (Lipinski definition) is 6. The van der Waals surface area contributed by atoms with Gasteiger partial charge in [0.25, 0.3) is 0 Å². The number of hydrogen-bond donors (Lipinski definition) is 0. The van der Waals surface area contributed by atoms with Crippen molar-refractivity contribution in [3.05, 3.63) is 17.5 Å². The Morgan fingerprint density at radius 3 is 2.89 bits per heavy atom. The minimum Gasteiger partial charge on any atom is -0.465 e. The van der Waals surface area contributed by atoms with E-state index in [1.54, 1.807) is 0 Å². The van der Waals surface area contributed by atoms with Crippen LogP contribution in [-0.2, 0) is 15.4 Å². The summed E-state index contributed by atoms with van der Waals surface area (Å²) in [6.07, 6.45) is 1.46.